The lowest BCUT2D eigenvalue weighted by atomic mass is 9.96. The van der Waals surface area contributed by atoms with Crippen molar-refractivity contribution in [2.24, 2.45) is 11.8 Å². The van der Waals surface area contributed by atoms with Gasteiger partial charge in [-0.2, -0.15) is 4.31 Å². The minimum atomic E-state index is -3.56. The summed E-state index contributed by atoms with van der Waals surface area (Å²) in [6, 6.07) is 8.25. The Kier molecular flexibility index (Phi) is 7.66. The second kappa shape index (κ2) is 10.2. The molecule has 2 aliphatic heterocycles. The van der Waals surface area contributed by atoms with E-state index < -0.39 is 10.0 Å². The summed E-state index contributed by atoms with van der Waals surface area (Å²) in [6.45, 7) is 1.37. The van der Waals surface area contributed by atoms with Crippen molar-refractivity contribution < 1.29 is 27.5 Å². The molecule has 2 aliphatic rings. The van der Waals surface area contributed by atoms with Crippen LogP contribution in [-0.2, 0) is 29.1 Å². The summed E-state index contributed by atoms with van der Waals surface area (Å²) in [6.07, 6.45) is 1.94. The molecule has 2 amide bonds. The van der Waals surface area contributed by atoms with Crippen molar-refractivity contribution in [2.75, 3.05) is 39.8 Å². The van der Waals surface area contributed by atoms with Crippen LogP contribution < -0.4 is 5.32 Å². The number of methoxy groups -OCH3 is 1. The first-order valence-corrected chi connectivity index (χ1v) is 12.0. The number of rotatable bonds is 6. The molecule has 1 aromatic rings. The standard InChI is InChI=1S/C21H29N3O6S/c1-30-21(27)17-7-11-23(12-8-17)19(25)15-22-20(26)16-9-13-24(14-10-16)31(28,29)18-5-3-2-4-6-18/h2-6,16-17H,7-15H2,1H3,(H,22,26). The molecule has 0 aromatic heterocycles. The maximum atomic E-state index is 12.7. The monoisotopic (exact) mass is 451 g/mol. The number of hydrogen-bond acceptors (Lipinski definition) is 6. The Morgan fingerprint density at radius 1 is 0.968 bits per heavy atom. The number of ether oxygens (including phenoxy) is 1. The number of amides is 2. The summed E-state index contributed by atoms with van der Waals surface area (Å²) in [5, 5.41) is 2.69. The number of nitrogens with zero attached hydrogens (tertiary/aromatic N) is 2. The third kappa shape index (κ3) is 5.62. The Morgan fingerprint density at radius 3 is 2.13 bits per heavy atom. The number of sulfonamides is 1. The van der Waals surface area contributed by atoms with E-state index in [1.807, 2.05) is 0 Å². The van der Waals surface area contributed by atoms with Crippen LogP contribution in [0.4, 0.5) is 0 Å². The number of hydrogen-bond donors (Lipinski definition) is 1. The first kappa shape index (κ1) is 23.2. The van der Waals surface area contributed by atoms with E-state index in [9.17, 15) is 22.8 Å². The van der Waals surface area contributed by atoms with E-state index >= 15 is 0 Å². The third-order valence-corrected chi connectivity index (χ3v) is 7.91. The highest BCUT2D eigenvalue weighted by Gasteiger charge is 2.33. The van der Waals surface area contributed by atoms with Gasteiger partial charge in [-0.05, 0) is 37.8 Å². The van der Waals surface area contributed by atoms with E-state index in [1.54, 1.807) is 35.2 Å². The number of carbonyl (C=O) groups excluding carboxylic acids is 3. The molecule has 0 bridgehead atoms. The maximum absolute atomic E-state index is 12.7. The van der Waals surface area contributed by atoms with Gasteiger partial charge in [0.2, 0.25) is 21.8 Å². The van der Waals surface area contributed by atoms with Gasteiger partial charge in [-0.1, -0.05) is 18.2 Å². The quantitative estimate of drug-likeness (QED) is 0.635. The van der Waals surface area contributed by atoms with E-state index in [0.717, 1.165) is 0 Å². The van der Waals surface area contributed by atoms with Crippen molar-refractivity contribution in [3.8, 4) is 0 Å². The lowest BCUT2D eigenvalue weighted by Crippen LogP contribution is -2.47. The Morgan fingerprint density at radius 2 is 1.55 bits per heavy atom. The Labute approximate surface area is 182 Å². The number of nitrogens with one attached hydrogen (secondary N) is 1. The predicted molar refractivity (Wildman–Crippen MR) is 112 cm³/mol. The molecule has 0 atom stereocenters. The van der Waals surface area contributed by atoms with Gasteiger partial charge in [0.15, 0.2) is 0 Å². The van der Waals surface area contributed by atoms with Gasteiger partial charge in [-0.3, -0.25) is 14.4 Å². The van der Waals surface area contributed by atoms with E-state index in [2.05, 4.69) is 5.32 Å². The summed E-state index contributed by atoms with van der Waals surface area (Å²) in [4.78, 5) is 38.3. The largest absolute Gasteiger partial charge is 0.469 e. The SMILES string of the molecule is COC(=O)C1CCN(C(=O)CNC(=O)C2CCN(S(=O)(=O)c3ccccc3)CC2)CC1. The normalized spacial score (nSPS) is 19.1. The van der Waals surface area contributed by atoms with E-state index in [0.29, 0.717) is 38.8 Å². The second-order valence-corrected chi connectivity index (χ2v) is 9.83. The molecule has 0 aliphatic carbocycles. The molecule has 2 heterocycles. The van der Waals surface area contributed by atoms with Crippen molar-refractivity contribution in [1.82, 2.24) is 14.5 Å². The molecular formula is C21H29N3O6S. The van der Waals surface area contributed by atoms with Gasteiger partial charge in [-0.25, -0.2) is 8.42 Å². The highest BCUT2D eigenvalue weighted by atomic mass is 32.2. The third-order valence-electron chi connectivity index (χ3n) is 6.00. The van der Waals surface area contributed by atoms with Gasteiger partial charge in [0.05, 0.1) is 24.5 Å². The first-order valence-electron chi connectivity index (χ1n) is 10.5. The zero-order valence-corrected chi connectivity index (χ0v) is 18.5. The first-order chi connectivity index (χ1) is 14.8. The van der Waals surface area contributed by atoms with Crippen LogP contribution >= 0.6 is 0 Å². The molecule has 0 saturated carbocycles. The van der Waals surface area contributed by atoms with E-state index in [1.165, 1.54) is 11.4 Å². The Balaban J connectivity index is 1.42. The molecule has 10 heteroatoms. The van der Waals surface area contributed by atoms with Gasteiger partial charge in [-0.15, -0.1) is 0 Å². The highest BCUT2D eigenvalue weighted by molar-refractivity contribution is 7.89. The summed E-state index contributed by atoms with van der Waals surface area (Å²) in [7, 11) is -2.20. The molecule has 170 valence electrons. The zero-order chi connectivity index (χ0) is 22.4. The van der Waals surface area contributed by atoms with Gasteiger partial charge in [0, 0.05) is 32.1 Å². The fourth-order valence-electron chi connectivity index (χ4n) is 4.05. The van der Waals surface area contributed by atoms with Crippen LogP contribution in [0.5, 0.6) is 0 Å². The van der Waals surface area contributed by atoms with Gasteiger partial charge >= 0.3 is 5.97 Å². The summed E-state index contributed by atoms with van der Waals surface area (Å²) in [5.74, 6) is -1.16. The minimum absolute atomic E-state index is 0.0930. The summed E-state index contributed by atoms with van der Waals surface area (Å²) in [5.41, 5.74) is 0. The van der Waals surface area contributed by atoms with Gasteiger partial charge < -0.3 is 15.0 Å². The van der Waals surface area contributed by atoms with Crippen LogP contribution in [-0.4, -0.2) is 75.2 Å². The predicted octanol–water partition coefficient (Wildman–Crippen LogP) is 0.615. The average molecular weight is 452 g/mol. The molecule has 0 unspecified atom stereocenters. The van der Waals surface area contributed by atoms with Crippen molar-refractivity contribution in [1.29, 1.82) is 0 Å². The van der Waals surface area contributed by atoms with Gasteiger partial charge in [0.1, 0.15) is 0 Å². The number of benzene rings is 1. The van der Waals surface area contributed by atoms with E-state index in [-0.39, 0.29) is 54.1 Å². The van der Waals surface area contributed by atoms with Crippen LogP contribution in [0.25, 0.3) is 0 Å². The minimum Gasteiger partial charge on any atom is -0.469 e. The lowest BCUT2D eigenvalue weighted by Gasteiger charge is -2.32. The number of likely N-dealkylation sites (tertiary alicyclic amines) is 1. The maximum Gasteiger partial charge on any atom is 0.308 e. The van der Waals surface area contributed by atoms with Crippen LogP contribution in [0.1, 0.15) is 25.7 Å². The smallest absolute Gasteiger partial charge is 0.308 e. The van der Waals surface area contributed by atoms with Crippen LogP contribution in [0.15, 0.2) is 35.2 Å². The van der Waals surface area contributed by atoms with Crippen LogP contribution in [0, 0.1) is 11.8 Å². The highest BCUT2D eigenvalue weighted by Crippen LogP contribution is 2.24. The molecule has 1 N–H and O–H groups in total. The van der Waals surface area contributed by atoms with Crippen molar-refractivity contribution in [3.63, 3.8) is 0 Å². The Bertz CT molecular complexity index is 889. The molecule has 2 saturated heterocycles. The fraction of sp³-hybridized carbons (Fsp3) is 0.571. The molecule has 3 rings (SSSR count). The molecule has 9 nitrogen and oxygen atoms in total. The molecule has 0 radical (unpaired) electrons. The Hall–Kier alpha value is -2.46. The topological polar surface area (TPSA) is 113 Å². The lowest BCUT2D eigenvalue weighted by molar-refractivity contribution is -0.148. The van der Waals surface area contributed by atoms with Gasteiger partial charge in [0.25, 0.3) is 0 Å². The van der Waals surface area contributed by atoms with E-state index in [4.69, 9.17) is 4.74 Å². The van der Waals surface area contributed by atoms with Crippen LogP contribution in [0.3, 0.4) is 0 Å². The van der Waals surface area contributed by atoms with Crippen molar-refractivity contribution in [3.05, 3.63) is 30.3 Å². The van der Waals surface area contributed by atoms with Crippen molar-refractivity contribution in [2.45, 2.75) is 30.6 Å². The second-order valence-electron chi connectivity index (χ2n) is 7.89. The summed E-state index contributed by atoms with van der Waals surface area (Å²) >= 11 is 0. The molecule has 31 heavy (non-hydrogen) atoms. The van der Waals surface area contributed by atoms with Crippen LogP contribution in [0.2, 0.25) is 0 Å². The number of piperidine rings is 2. The van der Waals surface area contributed by atoms with Crippen molar-refractivity contribution >= 4 is 27.8 Å². The zero-order valence-electron chi connectivity index (χ0n) is 17.7. The molecular weight excluding hydrogens is 422 g/mol. The molecule has 0 spiro atoms. The number of esters is 1. The number of carbonyl (C=O) groups is 3. The molecule has 1 aromatic carbocycles. The average Bonchev–Trinajstić information content (AvgIpc) is 2.82. The summed E-state index contributed by atoms with van der Waals surface area (Å²) < 4.78 is 31.5. The molecule has 2 fully saturated rings. The fourth-order valence-corrected chi connectivity index (χ4v) is 5.54.